The van der Waals surface area contributed by atoms with E-state index in [0.29, 0.717) is 0 Å². The van der Waals surface area contributed by atoms with Crippen molar-refractivity contribution in [1.82, 2.24) is 10.2 Å². The highest BCUT2D eigenvalue weighted by Gasteiger charge is 2.39. The molecule has 1 aromatic rings. The number of carbonyl (C=O) groups is 1. The molecule has 3 heteroatoms. The fourth-order valence-corrected chi connectivity index (χ4v) is 2.99. The van der Waals surface area contributed by atoms with Gasteiger partial charge in [-0.2, -0.15) is 0 Å². The lowest BCUT2D eigenvalue weighted by Gasteiger charge is -2.38. The summed E-state index contributed by atoms with van der Waals surface area (Å²) in [4.78, 5) is 14.5. The van der Waals surface area contributed by atoms with Crippen LogP contribution in [0.25, 0.3) is 0 Å². The molecule has 0 spiro atoms. The average molecular weight is 246 g/mol. The maximum atomic E-state index is 12.6. The van der Waals surface area contributed by atoms with Gasteiger partial charge < -0.3 is 10.2 Å². The van der Waals surface area contributed by atoms with Gasteiger partial charge in [-0.3, -0.25) is 4.79 Å². The van der Waals surface area contributed by atoms with Crippen molar-refractivity contribution in [1.29, 1.82) is 0 Å². The summed E-state index contributed by atoms with van der Waals surface area (Å²) in [6.07, 6.45) is 0.769. The molecule has 1 heterocycles. The summed E-state index contributed by atoms with van der Waals surface area (Å²) >= 11 is 0. The van der Waals surface area contributed by atoms with Gasteiger partial charge in [-0.05, 0) is 45.4 Å². The second-order valence-corrected chi connectivity index (χ2v) is 5.34. The number of nitrogens with zero attached hydrogens (tertiary/aromatic N) is 1. The predicted molar refractivity (Wildman–Crippen MR) is 73.4 cm³/mol. The van der Waals surface area contributed by atoms with Crippen LogP contribution in [0.4, 0.5) is 0 Å². The molecule has 1 N–H and O–H groups in total. The number of benzene rings is 1. The lowest BCUT2D eigenvalue weighted by atomic mass is 9.88. The van der Waals surface area contributed by atoms with E-state index in [9.17, 15) is 4.79 Å². The van der Waals surface area contributed by atoms with Crippen molar-refractivity contribution in [3.63, 3.8) is 0 Å². The lowest BCUT2D eigenvalue weighted by Crippen LogP contribution is -2.51. The van der Waals surface area contributed by atoms with Crippen LogP contribution in [0.1, 0.15) is 31.9 Å². The van der Waals surface area contributed by atoms with Crippen molar-refractivity contribution in [2.75, 3.05) is 13.6 Å². The average Bonchev–Trinajstić information content (AvgIpc) is 2.43. The third-order valence-electron chi connectivity index (χ3n) is 4.00. The Labute approximate surface area is 109 Å². The molecule has 0 aromatic heterocycles. The topological polar surface area (TPSA) is 32.3 Å². The minimum atomic E-state index is -0.242. The zero-order chi connectivity index (χ0) is 13.3. The summed E-state index contributed by atoms with van der Waals surface area (Å²) in [5.74, 6) is 0.196. The maximum Gasteiger partial charge on any atom is 0.240 e. The molecule has 1 amide bonds. The van der Waals surface area contributed by atoms with E-state index in [1.54, 1.807) is 0 Å². The van der Waals surface area contributed by atoms with E-state index in [-0.39, 0.29) is 17.5 Å². The molecular formula is C15H22N2O. The first-order valence-corrected chi connectivity index (χ1v) is 6.59. The summed E-state index contributed by atoms with van der Waals surface area (Å²) < 4.78 is 0. The minimum Gasteiger partial charge on any atom is -0.332 e. The number of carbonyl (C=O) groups excluding carboxylic acids is 1. The molecule has 1 aromatic carbocycles. The summed E-state index contributed by atoms with van der Waals surface area (Å²) in [5, 5.41) is 3.15. The number of likely N-dealkylation sites (N-methyl/N-ethyl adjacent to an activating group) is 2. The highest BCUT2D eigenvalue weighted by Crippen LogP contribution is 2.34. The molecule has 98 valence electrons. The number of hydrogen-bond acceptors (Lipinski definition) is 2. The Kier molecular flexibility index (Phi) is 3.44. The van der Waals surface area contributed by atoms with E-state index >= 15 is 0 Å². The Balaban J connectivity index is 2.57. The van der Waals surface area contributed by atoms with Crippen LogP contribution < -0.4 is 5.32 Å². The molecule has 3 nitrogen and oxygen atoms in total. The van der Waals surface area contributed by atoms with Crippen LogP contribution in [0.5, 0.6) is 0 Å². The molecule has 0 bridgehead atoms. The van der Waals surface area contributed by atoms with E-state index in [1.807, 2.05) is 24.9 Å². The predicted octanol–water partition coefficient (Wildman–Crippen LogP) is 1.91. The van der Waals surface area contributed by atoms with Crippen molar-refractivity contribution in [3.8, 4) is 0 Å². The Morgan fingerprint density at radius 2 is 2.06 bits per heavy atom. The summed E-state index contributed by atoms with van der Waals surface area (Å²) in [6, 6.07) is 8.26. The largest absolute Gasteiger partial charge is 0.332 e. The highest BCUT2D eigenvalue weighted by atomic mass is 16.2. The second-order valence-electron chi connectivity index (χ2n) is 5.34. The number of fused-ring (bicyclic) bond motifs is 1. The Hall–Kier alpha value is -1.35. The zero-order valence-corrected chi connectivity index (χ0v) is 11.7. The first kappa shape index (κ1) is 13.1. The fourth-order valence-electron chi connectivity index (χ4n) is 2.99. The molecule has 0 fully saturated rings. The van der Waals surface area contributed by atoms with Crippen LogP contribution in [0.15, 0.2) is 24.3 Å². The fraction of sp³-hybridized carbons (Fsp3) is 0.533. The lowest BCUT2D eigenvalue weighted by molar-refractivity contribution is -0.138. The third-order valence-corrected chi connectivity index (χ3v) is 4.00. The summed E-state index contributed by atoms with van der Waals surface area (Å²) in [5.41, 5.74) is 2.29. The van der Waals surface area contributed by atoms with Gasteiger partial charge in [0.1, 0.15) is 0 Å². The number of nitrogens with one attached hydrogen (secondary N) is 1. The van der Waals surface area contributed by atoms with Crippen molar-refractivity contribution in [3.05, 3.63) is 35.4 Å². The molecule has 18 heavy (non-hydrogen) atoms. The number of rotatable bonds is 2. The maximum absolute atomic E-state index is 12.6. The monoisotopic (exact) mass is 246 g/mol. The molecule has 1 aliphatic rings. The smallest absolute Gasteiger partial charge is 0.240 e. The summed E-state index contributed by atoms with van der Waals surface area (Å²) in [6.45, 7) is 7.04. The molecule has 2 rings (SSSR count). The van der Waals surface area contributed by atoms with Crippen molar-refractivity contribution in [2.45, 2.75) is 38.8 Å². The van der Waals surface area contributed by atoms with E-state index in [2.05, 4.69) is 37.4 Å². The van der Waals surface area contributed by atoms with Crippen molar-refractivity contribution < 1.29 is 4.79 Å². The Morgan fingerprint density at radius 3 is 2.67 bits per heavy atom. The van der Waals surface area contributed by atoms with Gasteiger partial charge >= 0.3 is 0 Å². The van der Waals surface area contributed by atoms with Crippen molar-refractivity contribution >= 4 is 5.91 Å². The van der Waals surface area contributed by atoms with Gasteiger partial charge in [-0.25, -0.2) is 0 Å². The normalized spacial score (nSPS) is 22.6. The van der Waals surface area contributed by atoms with Crippen LogP contribution in [0, 0.1) is 0 Å². The third kappa shape index (κ3) is 1.93. The molecular weight excluding hydrogens is 224 g/mol. The van der Waals surface area contributed by atoms with E-state index in [1.165, 1.54) is 11.1 Å². The van der Waals surface area contributed by atoms with Gasteiger partial charge in [0.15, 0.2) is 0 Å². The molecule has 0 radical (unpaired) electrons. The van der Waals surface area contributed by atoms with Gasteiger partial charge in [0, 0.05) is 6.54 Å². The Morgan fingerprint density at radius 1 is 1.39 bits per heavy atom. The molecule has 0 aliphatic carbocycles. The standard InChI is InChI=1S/C15H22N2O/c1-5-17-14(18)13(16-4)10-11-8-6-7-9-12(11)15(17,2)3/h6-9,13,16H,5,10H2,1-4H3. The molecule has 1 aliphatic heterocycles. The van der Waals surface area contributed by atoms with E-state index in [4.69, 9.17) is 0 Å². The molecule has 0 saturated carbocycles. The summed E-state index contributed by atoms with van der Waals surface area (Å²) in [7, 11) is 1.86. The highest BCUT2D eigenvalue weighted by molar-refractivity contribution is 5.84. The van der Waals surface area contributed by atoms with Crippen LogP contribution in [0.2, 0.25) is 0 Å². The van der Waals surface area contributed by atoms with Gasteiger partial charge in [-0.1, -0.05) is 24.3 Å². The zero-order valence-electron chi connectivity index (χ0n) is 11.7. The van der Waals surface area contributed by atoms with Crippen LogP contribution in [-0.4, -0.2) is 30.4 Å². The molecule has 1 atom stereocenters. The number of amides is 1. The molecule has 0 saturated heterocycles. The molecule has 1 unspecified atom stereocenters. The number of hydrogen-bond donors (Lipinski definition) is 1. The van der Waals surface area contributed by atoms with Crippen LogP contribution >= 0.6 is 0 Å². The quantitative estimate of drug-likeness (QED) is 0.864. The SMILES string of the molecule is CCN1C(=O)C(NC)Cc2ccccc2C1(C)C. The van der Waals surface area contributed by atoms with E-state index < -0.39 is 0 Å². The van der Waals surface area contributed by atoms with Gasteiger partial charge in [0.05, 0.1) is 11.6 Å². The van der Waals surface area contributed by atoms with Crippen LogP contribution in [0.3, 0.4) is 0 Å². The van der Waals surface area contributed by atoms with Gasteiger partial charge in [-0.15, -0.1) is 0 Å². The van der Waals surface area contributed by atoms with Gasteiger partial charge in [0.2, 0.25) is 5.91 Å². The van der Waals surface area contributed by atoms with Crippen molar-refractivity contribution in [2.24, 2.45) is 0 Å². The second kappa shape index (κ2) is 4.73. The Bertz CT molecular complexity index is 454. The van der Waals surface area contributed by atoms with E-state index in [0.717, 1.165) is 13.0 Å². The van der Waals surface area contributed by atoms with Crippen LogP contribution in [-0.2, 0) is 16.8 Å². The first-order chi connectivity index (χ1) is 8.52. The minimum absolute atomic E-state index is 0.118. The van der Waals surface area contributed by atoms with Gasteiger partial charge in [0.25, 0.3) is 0 Å². The first-order valence-electron chi connectivity index (χ1n) is 6.59.